The zero-order valence-electron chi connectivity index (χ0n) is 17.9. The summed E-state index contributed by atoms with van der Waals surface area (Å²) in [6, 6.07) is 16.3. The predicted molar refractivity (Wildman–Crippen MR) is 120 cm³/mol. The molecule has 1 saturated carbocycles. The minimum absolute atomic E-state index is 0. The molecule has 0 radical (unpaired) electrons. The number of methoxy groups -OCH3 is 1. The Morgan fingerprint density at radius 3 is 2.44 bits per heavy atom. The van der Waals surface area contributed by atoms with Gasteiger partial charge in [0.25, 0.3) is 0 Å². The summed E-state index contributed by atoms with van der Waals surface area (Å²) in [5, 5.41) is 12.2. The van der Waals surface area contributed by atoms with Crippen molar-refractivity contribution in [1.82, 2.24) is 0 Å². The molecule has 0 saturated heterocycles. The number of carboxylic acids is 1. The van der Waals surface area contributed by atoms with Crippen LogP contribution >= 0.6 is 0 Å². The molecule has 0 unspecified atom stereocenters. The van der Waals surface area contributed by atoms with Crippen LogP contribution in [-0.2, 0) is 10.2 Å². The normalized spacial score (nSPS) is 16.6. The lowest BCUT2D eigenvalue weighted by molar-refractivity contribution is -0.286. The number of alkyl halides is 2. The van der Waals surface area contributed by atoms with Gasteiger partial charge in [0.1, 0.15) is 11.3 Å². The summed E-state index contributed by atoms with van der Waals surface area (Å²) >= 11 is 0. The minimum Gasteiger partial charge on any atom is -0.496 e. The molecule has 1 amide bonds. The van der Waals surface area contributed by atoms with Crippen LogP contribution in [0.15, 0.2) is 60.7 Å². The second-order valence-electron chi connectivity index (χ2n) is 8.17. The Morgan fingerprint density at radius 1 is 1.00 bits per heavy atom. The average molecular weight is 469 g/mol. The summed E-state index contributed by atoms with van der Waals surface area (Å²) in [5.41, 5.74) is 1.81. The van der Waals surface area contributed by atoms with E-state index in [2.05, 4.69) is 14.8 Å². The number of ether oxygens (including phenoxy) is 3. The molecular weight excluding hydrogens is 448 g/mol. The molecule has 3 aromatic carbocycles. The third-order valence-corrected chi connectivity index (χ3v) is 6.02. The monoisotopic (exact) mass is 469 g/mol. The molecular formula is C25H21F2NO6. The number of hydrogen-bond acceptors (Lipinski definition) is 5. The number of carboxylic acid groups (broad SMARTS) is 1. The van der Waals surface area contributed by atoms with E-state index in [-0.39, 0.29) is 30.1 Å². The van der Waals surface area contributed by atoms with Gasteiger partial charge in [-0.15, -0.1) is 8.78 Å². The van der Waals surface area contributed by atoms with Crippen LogP contribution in [0.25, 0.3) is 11.1 Å². The zero-order chi connectivity index (χ0) is 24.1. The number of carbonyl (C=O) groups is 2. The summed E-state index contributed by atoms with van der Waals surface area (Å²) in [6.07, 6.45) is -2.57. The average Bonchev–Trinajstić information content (AvgIpc) is 3.56. The van der Waals surface area contributed by atoms with Crippen LogP contribution in [0.1, 0.15) is 30.2 Å². The summed E-state index contributed by atoms with van der Waals surface area (Å²) in [7, 11) is 1.40. The van der Waals surface area contributed by atoms with Gasteiger partial charge in [-0.05, 0) is 65.9 Å². The number of amides is 1. The second-order valence-corrected chi connectivity index (χ2v) is 8.17. The standard InChI is InChI=1S/C25H19F2NO6.H2/c1-32-20-12-15(5-7-18(20)22(29)30)14-3-2-4-17(11-14)28-23(31)24(9-10-24)16-6-8-19-21(13-16)34-25(26,27)33-19;/h2-8,11-13H,9-10H2,1H3,(H,28,31)(H,29,30);1H. The van der Waals surface area contributed by atoms with Gasteiger partial charge < -0.3 is 24.6 Å². The molecule has 2 aliphatic rings. The van der Waals surface area contributed by atoms with Crippen molar-refractivity contribution in [1.29, 1.82) is 0 Å². The Bertz CT molecular complexity index is 1330. The Balaban J connectivity index is 0.00000289. The van der Waals surface area contributed by atoms with Crippen molar-refractivity contribution < 1.29 is 39.1 Å². The summed E-state index contributed by atoms with van der Waals surface area (Å²) in [4.78, 5) is 24.5. The van der Waals surface area contributed by atoms with Crippen molar-refractivity contribution in [2.24, 2.45) is 0 Å². The molecule has 1 aliphatic carbocycles. The maximum Gasteiger partial charge on any atom is 0.586 e. The number of nitrogens with one attached hydrogen (secondary N) is 1. The van der Waals surface area contributed by atoms with Crippen molar-refractivity contribution in [3.63, 3.8) is 0 Å². The quantitative estimate of drug-likeness (QED) is 0.509. The number of carbonyl (C=O) groups excluding carboxylic acids is 1. The van der Waals surface area contributed by atoms with Crippen LogP contribution in [-0.4, -0.2) is 30.4 Å². The number of rotatable bonds is 6. The lowest BCUT2D eigenvalue weighted by Crippen LogP contribution is -2.28. The van der Waals surface area contributed by atoms with E-state index >= 15 is 0 Å². The van der Waals surface area contributed by atoms with E-state index in [1.165, 1.54) is 25.3 Å². The van der Waals surface area contributed by atoms with E-state index in [4.69, 9.17) is 4.74 Å². The van der Waals surface area contributed by atoms with Gasteiger partial charge in [0, 0.05) is 7.11 Å². The fraction of sp³-hybridized carbons (Fsp3) is 0.200. The number of anilines is 1. The van der Waals surface area contributed by atoms with Crippen LogP contribution in [0.5, 0.6) is 17.2 Å². The zero-order valence-corrected chi connectivity index (χ0v) is 17.9. The Hall–Kier alpha value is -4.14. The number of fused-ring (bicyclic) bond motifs is 1. The molecule has 34 heavy (non-hydrogen) atoms. The Morgan fingerprint density at radius 2 is 1.74 bits per heavy atom. The van der Waals surface area contributed by atoms with Gasteiger partial charge in [-0.25, -0.2) is 4.79 Å². The molecule has 0 atom stereocenters. The molecule has 7 nitrogen and oxygen atoms in total. The van der Waals surface area contributed by atoms with E-state index in [1.54, 1.807) is 36.4 Å². The molecule has 1 heterocycles. The summed E-state index contributed by atoms with van der Waals surface area (Å²) < 4.78 is 40.9. The maximum atomic E-state index is 13.4. The lowest BCUT2D eigenvalue weighted by Gasteiger charge is -2.17. The van der Waals surface area contributed by atoms with Crippen molar-refractivity contribution in [2.75, 3.05) is 12.4 Å². The molecule has 3 aromatic rings. The first-order valence-electron chi connectivity index (χ1n) is 10.4. The van der Waals surface area contributed by atoms with Crippen molar-refractivity contribution in [3.05, 3.63) is 71.8 Å². The maximum absolute atomic E-state index is 13.4. The molecule has 2 N–H and O–H groups in total. The molecule has 5 rings (SSSR count). The fourth-order valence-corrected chi connectivity index (χ4v) is 4.09. The molecule has 176 valence electrons. The Labute approximate surface area is 194 Å². The third kappa shape index (κ3) is 3.79. The number of aromatic carboxylic acids is 1. The van der Waals surface area contributed by atoms with Crippen LogP contribution in [0.3, 0.4) is 0 Å². The van der Waals surface area contributed by atoms with Crippen molar-refractivity contribution >= 4 is 17.6 Å². The third-order valence-electron chi connectivity index (χ3n) is 6.02. The highest BCUT2D eigenvalue weighted by molar-refractivity contribution is 6.02. The summed E-state index contributed by atoms with van der Waals surface area (Å²) in [6.45, 7) is 0. The van der Waals surface area contributed by atoms with Gasteiger partial charge in [0.05, 0.1) is 12.5 Å². The fourth-order valence-electron chi connectivity index (χ4n) is 4.09. The topological polar surface area (TPSA) is 94.1 Å². The van der Waals surface area contributed by atoms with Crippen LogP contribution < -0.4 is 19.5 Å². The number of benzene rings is 3. The number of hydrogen-bond donors (Lipinski definition) is 2. The van der Waals surface area contributed by atoms with Gasteiger partial charge >= 0.3 is 12.3 Å². The molecule has 1 aliphatic heterocycles. The Kier molecular flexibility index (Phi) is 4.93. The SMILES string of the molecule is COc1cc(-c2cccc(NC(=O)C3(c4ccc5c(c4)OC(F)(F)O5)CC3)c2)ccc1C(=O)O.[HH]. The van der Waals surface area contributed by atoms with Crippen LogP contribution in [0.2, 0.25) is 0 Å². The van der Waals surface area contributed by atoms with Gasteiger partial charge in [0.15, 0.2) is 11.5 Å². The van der Waals surface area contributed by atoms with E-state index in [1.807, 2.05) is 6.07 Å². The van der Waals surface area contributed by atoms with E-state index in [0.717, 1.165) is 11.1 Å². The van der Waals surface area contributed by atoms with Gasteiger partial charge in [0.2, 0.25) is 5.91 Å². The van der Waals surface area contributed by atoms with Gasteiger partial charge in [-0.2, -0.15) is 0 Å². The van der Waals surface area contributed by atoms with E-state index < -0.39 is 17.7 Å². The molecule has 0 aromatic heterocycles. The van der Waals surface area contributed by atoms with Crippen LogP contribution in [0.4, 0.5) is 14.5 Å². The van der Waals surface area contributed by atoms with Crippen molar-refractivity contribution in [2.45, 2.75) is 24.6 Å². The smallest absolute Gasteiger partial charge is 0.496 e. The van der Waals surface area contributed by atoms with E-state index in [9.17, 15) is 23.5 Å². The minimum atomic E-state index is -3.72. The molecule has 0 spiro atoms. The summed E-state index contributed by atoms with van der Waals surface area (Å²) in [5.74, 6) is -1.28. The highest BCUT2D eigenvalue weighted by Crippen LogP contribution is 2.52. The van der Waals surface area contributed by atoms with Gasteiger partial charge in [-0.3, -0.25) is 4.79 Å². The first-order chi connectivity index (χ1) is 16.2. The first-order valence-corrected chi connectivity index (χ1v) is 10.4. The predicted octanol–water partition coefficient (Wildman–Crippen LogP) is 5.30. The van der Waals surface area contributed by atoms with E-state index in [0.29, 0.717) is 24.1 Å². The number of halogens is 2. The van der Waals surface area contributed by atoms with Crippen LogP contribution in [0, 0.1) is 0 Å². The largest absolute Gasteiger partial charge is 0.586 e. The van der Waals surface area contributed by atoms with Crippen molar-refractivity contribution in [3.8, 4) is 28.4 Å². The molecule has 1 fully saturated rings. The van der Waals surface area contributed by atoms with Gasteiger partial charge in [-0.1, -0.05) is 24.3 Å². The highest BCUT2D eigenvalue weighted by Gasteiger charge is 2.52. The lowest BCUT2D eigenvalue weighted by atomic mass is 9.94. The molecule has 9 heteroatoms. The second kappa shape index (κ2) is 7.72. The first kappa shape index (κ1) is 21.7. The molecule has 0 bridgehead atoms. The highest BCUT2D eigenvalue weighted by atomic mass is 19.3.